The van der Waals surface area contributed by atoms with Crippen LogP contribution in [0.15, 0.2) is 42.0 Å². The third-order valence-corrected chi connectivity index (χ3v) is 6.27. The molecule has 2 aromatic carbocycles. The molecule has 2 aliphatic rings. The lowest BCUT2D eigenvalue weighted by Gasteiger charge is -2.35. The highest BCUT2D eigenvalue weighted by Gasteiger charge is 2.28. The quantitative estimate of drug-likeness (QED) is 0.655. The molecule has 152 valence electrons. The summed E-state index contributed by atoms with van der Waals surface area (Å²) in [7, 11) is 2.08. The van der Waals surface area contributed by atoms with Crippen molar-refractivity contribution in [2.45, 2.75) is 6.42 Å². The van der Waals surface area contributed by atoms with Gasteiger partial charge in [0, 0.05) is 55.2 Å². The number of piperazine rings is 1. The summed E-state index contributed by atoms with van der Waals surface area (Å²) in [5.41, 5.74) is 2.61. The normalized spacial score (nSPS) is 19.4. The van der Waals surface area contributed by atoms with Crippen LogP contribution in [-0.2, 0) is 4.79 Å². The van der Waals surface area contributed by atoms with Crippen LogP contribution in [0.2, 0.25) is 10.0 Å². The monoisotopic (exact) mass is 433 g/mol. The van der Waals surface area contributed by atoms with Crippen molar-refractivity contribution >= 4 is 46.6 Å². The predicted molar refractivity (Wildman–Crippen MR) is 118 cm³/mol. The van der Waals surface area contributed by atoms with Gasteiger partial charge in [-0.3, -0.25) is 4.79 Å². The van der Waals surface area contributed by atoms with Crippen molar-refractivity contribution in [2.24, 2.45) is 0 Å². The first-order valence-corrected chi connectivity index (χ1v) is 10.4. The van der Waals surface area contributed by atoms with E-state index >= 15 is 0 Å². The number of benzene rings is 2. The third-order valence-electron chi connectivity index (χ3n) is 5.53. The Hall–Kier alpha value is -2.08. The molecule has 0 spiro atoms. The largest absolute Gasteiger partial charge is 0.368 e. The highest BCUT2D eigenvalue weighted by molar-refractivity contribution is 6.42. The minimum Gasteiger partial charge on any atom is -0.368 e. The van der Waals surface area contributed by atoms with Gasteiger partial charge in [-0.15, -0.1) is 0 Å². The smallest absolute Gasteiger partial charge is 0.254 e. The second-order valence-electron chi connectivity index (χ2n) is 7.44. The number of carbonyl (C=O) groups is 1. The van der Waals surface area contributed by atoms with E-state index in [2.05, 4.69) is 16.8 Å². The number of nitrogens with zero attached hydrogens (tertiary/aromatic N) is 3. The van der Waals surface area contributed by atoms with Crippen molar-refractivity contribution in [2.75, 3.05) is 49.6 Å². The number of carbonyl (C=O) groups excluding carboxylic acids is 1. The Bertz CT molecular complexity index is 971. The van der Waals surface area contributed by atoms with Gasteiger partial charge in [0.25, 0.3) is 5.91 Å². The van der Waals surface area contributed by atoms with Gasteiger partial charge in [0.1, 0.15) is 5.82 Å². The average molecular weight is 434 g/mol. The first-order chi connectivity index (χ1) is 13.9. The highest BCUT2D eigenvalue weighted by atomic mass is 35.5. The lowest BCUT2D eigenvalue weighted by atomic mass is 10.1. The average Bonchev–Trinajstić information content (AvgIpc) is 3.07. The Balaban J connectivity index is 1.63. The first kappa shape index (κ1) is 20.2. The molecule has 7 heteroatoms. The Kier molecular flexibility index (Phi) is 5.81. The van der Waals surface area contributed by atoms with Crippen LogP contribution in [0.3, 0.4) is 0 Å². The number of amides is 1. The van der Waals surface area contributed by atoms with Crippen LogP contribution in [0.25, 0.3) is 6.08 Å². The van der Waals surface area contributed by atoms with Gasteiger partial charge in [0.05, 0.1) is 10.0 Å². The van der Waals surface area contributed by atoms with Crippen LogP contribution < -0.4 is 9.80 Å². The van der Waals surface area contributed by atoms with E-state index in [4.69, 9.17) is 23.2 Å². The van der Waals surface area contributed by atoms with E-state index in [-0.39, 0.29) is 11.7 Å². The number of anilines is 2. The second kappa shape index (κ2) is 8.34. The molecule has 2 aromatic rings. The van der Waals surface area contributed by atoms with Crippen molar-refractivity contribution in [3.8, 4) is 0 Å². The molecule has 0 unspecified atom stereocenters. The van der Waals surface area contributed by atoms with E-state index in [1.807, 2.05) is 6.07 Å². The lowest BCUT2D eigenvalue weighted by molar-refractivity contribution is -0.114. The Morgan fingerprint density at radius 1 is 1.00 bits per heavy atom. The third kappa shape index (κ3) is 4.13. The predicted octanol–water partition coefficient (Wildman–Crippen LogP) is 4.70. The maximum Gasteiger partial charge on any atom is 0.254 e. The van der Waals surface area contributed by atoms with Gasteiger partial charge >= 0.3 is 0 Å². The van der Waals surface area contributed by atoms with E-state index in [9.17, 15) is 9.18 Å². The molecule has 29 heavy (non-hydrogen) atoms. The van der Waals surface area contributed by atoms with E-state index < -0.39 is 0 Å². The van der Waals surface area contributed by atoms with Crippen LogP contribution in [0.1, 0.15) is 12.0 Å². The molecule has 0 aromatic heterocycles. The summed E-state index contributed by atoms with van der Waals surface area (Å²) >= 11 is 12.1. The summed E-state index contributed by atoms with van der Waals surface area (Å²) in [4.78, 5) is 19.1. The van der Waals surface area contributed by atoms with Gasteiger partial charge < -0.3 is 14.7 Å². The minimum absolute atomic E-state index is 0.129. The molecule has 2 fully saturated rings. The van der Waals surface area contributed by atoms with Crippen molar-refractivity contribution in [1.82, 2.24) is 4.90 Å². The van der Waals surface area contributed by atoms with E-state index in [0.29, 0.717) is 39.8 Å². The summed E-state index contributed by atoms with van der Waals surface area (Å²) in [5.74, 6) is -0.439. The second-order valence-corrected chi connectivity index (χ2v) is 8.25. The number of likely N-dealkylation sites (N-methyl/N-ethyl adjacent to an activating group) is 1. The summed E-state index contributed by atoms with van der Waals surface area (Å²) in [5, 5.41) is 0.849. The molecule has 4 nitrogen and oxygen atoms in total. The van der Waals surface area contributed by atoms with Gasteiger partial charge in [0.2, 0.25) is 0 Å². The Morgan fingerprint density at radius 3 is 2.48 bits per heavy atom. The number of hydrogen-bond acceptors (Lipinski definition) is 3. The van der Waals surface area contributed by atoms with E-state index in [1.54, 1.807) is 35.2 Å². The van der Waals surface area contributed by atoms with Crippen LogP contribution in [0.4, 0.5) is 15.8 Å². The zero-order valence-electron chi connectivity index (χ0n) is 16.2. The van der Waals surface area contributed by atoms with Crippen LogP contribution >= 0.6 is 23.2 Å². The summed E-state index contributed by atoms with van der Waals surface area (Å²) in [6.45, 7) is 4.05. The van der Waals surface area contributed by atoms with Gasteiger partial charge in [-0.1, -0.05) is 29.3 Å². The van der Waals surface area contributed by atoms with Crippen molar-refractivity contribution in [3.63, 3.8) is 0 Å². The van der Waals surface area contributed by atoms with Crippen LogP contribution in [0.5, 0.6) is 0 Å². The van der Waals surface area contributed by atoms with Gasteiger partial charge in [0.15, 0.2) is 0 Å². The standard InChI is InChI=1S/C22H22Cl2FN3O/c1-26-9-11-27(12-10-26)21-4-2-3-20(25)17(21)13-15-7-8-28(22(15)29)16-5-6-18(23)19(24)14-16/h2-6,13-14H,7-12H2,1H3. The molecule has 0 N–H and O–H groups in total. The highest BCUT2D eigenvalue weighted by Crippen LogP contribution is 2.33. The van der Waals surface area contributed by atoms with Crippen molar-refractivity contribution < 1.29 is 9.18 Å². The minimum atomic E-state index is -0.310. The maximum atomic E-state index is 14.7. The first-order valence-electron chi connectivity index (χ1n) is 9.63. The summed E-state index contributed by atoms with van der Waals surface area (Å²) in [6.07, 6.45) is 2.26. The fraction of sp³-hybridized carbons (Fsp3) is 0.318. The zero-order valence-corrected chi connectivity index (χ0v) is 17.7. The van der Waals surface area contributed by atoms with E-state index in [0.717, 1.165) is 31.9 Å². The molecule has 2 saturated heterocycles. The Morgan fingerprint density at radius 2 is 1.76 bits per heavy atom. The number of halogens is 3. The molecule has 0 atom stereocenters. The van der Waals surface area contributed by atoms with Crippen LogP contribution in [-0.4, -0.2) is 50.6 Å². The molecule has 0 saturated carbocycles. The topological polar surface area (TPSA) is 26.8 Å². The molecular weight excluding hydrogens is 412 g/mol. The Labute approximate surface area is 180 Å². The zero-order chi connectivity index (χ0) is 20.5. The molecule has 0 radical (unpaired) electrons. The molecular formula is C22H22Cl2FN3O. The SMILES string of the molecule is CN1CCN(c2cccc(F)c2C=C2CCN(c3ccc(Cl)c(Cl)c3)C2=O)CC1. The molecule has 2 heterocycles. The molecule has 1 amide bonds. The molecule has 2 aliphatic heterocycles. The molecule has 0 aliphatic carbocycles. The van der Waals surface area contributed by atoms with Gasteiger partial charge in [-0.2, -0.15) is 0 Å². The van der Waals surface area contributed by atoms with Crippen molar-refractivity contribution in [3.05, 3.63) is 63.4 Å². The number of rotatable bonds is 3. The fourth-order valence-electron chi connectivity index (χ4n) is 3.81. The van der Waals surface area contributed by atoms with Gasteiger partial charge in [-0.25, -0.2) is 4.39 Å². The fourth-order valence-corrected chi connectivity index (χ4v) is 4.11. The number of hydrogen-bond donors (Lipinski definition) is 0. The molecule has 4 rings (SSSR count). The van der Waals surface area contributed by atoms with E-state index in [1.165, 1.54) is 6.07 Å². The molecule has 0 bridgehead atoms. The van der Waals surface area contributed by atoms with Gasteiger partial charge in [-0.05, 0) is 49.9 Å². The summed E-state index contributed by atoms with van der Waals surface area (Å²) < 4.78 is 14.7. The van der Waals surface area contributed by atoms with Crippen molar-refractivity contribution in [1.29, 1.82) is 0 Å². The summed E-state index contributed by atoms with van der Waals surface area (Å²) in [6, 6.07) is 10.2. The van der Waals surface area contributed by atoms with Crippen LogP contribution in [0, 0.1) is 5.82 Å². The maximum absolute atomic E-state index is 14.7. The lowest BCUT2D eigenvalue weighted by Crippen LogP contribution is -2.44.